The number of nitrogens with zero attached hydrogens (tertiary/aromatic N) is 6. The second-order valence-corrected chi connectivity index (χ2v) is 7.07. The Morgan fingerprint density at radius 3 is 2.81 bits per heavy atom. The average Bonchev–Trinajstić information content (AvgIpc) is 3.25. The van der Waals surface area contributed by atoms with Gasteiger partial charge in [0, 0.05) is 50.2 Å². The van der Waals surface area contributed by atoms with Crippen LogP contribution < -0.4 is 0 Å². The molecule has 0 spiro atoms. The molecule has 0 saturated heterocycles. The van der Waals surface area contributed by atoms with Gasteiger partial charge < -0.3 is 4.57 Å². The summed E-state index contributed by atoms with van der Waals surface area (Å²) in [5.41, 5.74) is 4.40. The van der Waals surface area contributed by atoms with Crippen LogP contribution in [0.2, 0.25) is 0 Å². The van der Waals surface area contributed by atoms with Crippen LogP contribution in [0.1, 0.15) is 44.3 Å². The molecule has 3 aromatic heterocycles. The Morgan fingerprint density at radius 1 is 1.23 bits per heavy atom. The van der Waals surface area contributed by atoms with E-state index in [1.165, 1.54) is 12.5 Å². The summed E-state index contributed by atoms with van der Waals surface area (Å²) < 4.78 is 15.5. The average molecular weight is 419 g/mol. The highest BCUT2D eigenvalue weighted by atomic mass is 19.1. The van der Waals surface area contributed by atoms with Crippen molar-refractivity contribution >= 4 is 11.7 Å². The van der Waals surface area contributed by atoms with Crippen LogP contribution in [0, 0.1) is 0 Å². The van der Waals surface area contributed by atoms with Gasteiger partial charge in [-0.3, -0.25) is 4.98 Å². The molecule has 0 saturated carbocycles. The summed E-state index contributed by atoms with van der Waals surface area (Å²) in [4.78, 5) is 12.6. The lowest BCUT2D eigenvalue weighted by molar-refractivity contribution is 0.660. The summed E-state index contributed by atoms with van der Waals surface area (Å²) in [5, 5.41) is 8.94. The van der Waals surface area contributed by atoms with Crippen LogP contribution in [-0.2, 0) is 19.4 Å². The van der Waals surface area contributed by atoms with Crippen molar-refractivity contribution in [1.82, 2.24) is 24.7 Å². The standard InChI is InChI=1S/C24H27FN6/c1-4-6-10-22(28-18(3)25)24-27-13-15-31(24)14-11-21-19(8-5-2)16-23(30-29-21)20-9-7-12-26-17-20/h4,6-7,9-10,12-13,15-17H,5,8,11,14H2,1-3H3/b6-4-,22-10-,28-18?. The van der Waals surface area contributed by atoms with Crippen LogP contribution >= 0.6 is 0 Å². The van der Waals surface area contributed by atoms with Crippen LogP contribution in [-0.4, -0.2) is 30.7 Å². The first-order valence-electron chi connectivity index (χ1n) is 10.4. The fourth-order valence-corrected chi connectivity index (χ4v) is 3.27. The Kier molecular flexibility index (Phi) is 7.92. The number of allylic oxidation sites excluding steroid dienone is 3. The molecule has 0 fully saturated rings. The highest BCUT2D eigenvalue weighted by Crippen LogP contribution is 2.20. The molecule has 0 aliphatic rings. The number of hydrogen-bond donors (Lipinski definition) is 0. The van der Waals surface area contributed by atoms with Gasteiger partial charge in [0.1, 0.15) is 5.70 Å². The van der Waals surface area contributed by atoms with Gasteiger partial charge in [0.05, 0.1) is 11.4 Å². The molecule has 0 atom stereocenters. The van der Waals surface area contributed by atoms with Gasteiger partial charge in [0.25, 0.3) is 0 Å². The molecule has 31 heavy (non-hydrogen) atoms. The van der Waals surface area contributed by atoms with Crippen molar-refractivity contribution in [3.63, 3.8) is 0 Å². The highest BCUT2D eigenvalue weighted by molar-refractivity contribution is 5.80. The Morgan fingerprint density at radius 2 is 2.10 bits per heavy atom. The van der Waals surface area contributed by atoms with Crippen LogP contribution in [0.25, 0.3) is 17.0 Å². The van der Waals surface area contributed by atoms with E-state index in [-0.39, 0.29) is 0 Å². The second kappa shape index (κ2) is 11.1. The number of halogens is 1. The molecule has 0 aliphatic heterocycles. The van der Waals surface area contributed by atoms with Gasteiger partial charge >= 0.3 is 0 Å². The van der Waals surface area contributed by atoms with E-state index in [1.807, 2.05) is 42.0 Å². The van der Waals surface area contributed by atoms with Gasteiger partial charge in [-0.15, -0.1) is 0 Å². The quantitative estimate of drug-likeness (QED) is 0.352. The maximum absolute atomic E-state index is 13.5. The fourth-order valence-electron chi connectivity index (χ4n) is 3.27. The molecule has 0 amide bonds. The van der Waals surface area contributed by atoms with Crippen molar-refractivity contribution in [2.45, 2.75) is 46.6 Å². The third-order valence-corrected chi connectivity index (χ3v) is 4.69. The van der Waals surface area contributed by atoms with Gasteiger partial charge in [-0.05, 0) is 43.2 Å². The summed E-state index contributed by atoms with van der Waals surface area (Å²) >= 11 is 0. The Hall–Kier alpha value is -3.48. The molecule has 3 heterocycles. The third kappa shape index (κ3) is 6.01. The number of imidazole rings is 1. The molecular formula is C24H27FN6. The maximum Gasteiger partial charge on any atom is 0.186 e. The molecule has 0 unspecified atom stereocenters. The summed E-state index contributed by atoms with van der Waals surface area (Å²) in [5.74, 6) is 0.111. The Bertz CT molecular complexity index is 1080. The number of hydrogen-bond acceptors (Lipinski definition) is 5. The molecule has 3 rings (SSSR count). The number of aryl methyl sites for hydroxylation is 3. The van der Waals surface area contributed by atoms with Crippen LogP contribution in [0.3, 0.4) is 0 Å². The molecule has 0 bridgehead atoms. The molecule has 6 nitrogen and oxygen atoms in total. The number of rotatable bonds is 9. The van der Waals surface area contributed by atoms with E-state index < -0.39 is 5.97 Å². The van der Waals surface area contributed by atoms with E-state index in [9.17, 15) is 4.39 Å². The second-order valence-electron chi connectivity index (χ2n) is 7.07. The molecular weight excluding hydrogens is 391 g/mol. The van der Waals surface area contributed by atoms with E-state index in [0.29, 0.717) is 24.5 Å². The molecule has 0 radical (unpaired) electrons. The van der Waals surface area contributed by atoms with Crippen molar-refractivity contribution < 1.29 is 4.39 Å². The molecule has 3 aromatic rings. The summed E-state index contributed by atoms with van der Waals surface area (Å²) in [7, 11) is 0. The van der Waals surface area contributed by atoms with Gasteiger partial charge in [0.15, 0.2) is 11.8 Å². The number of aromatic nitrogens is 5. The van der Waals surface area contributed by atoms with Crippen molar-refractivity contribution in [2.75, 3.05) is 0 Å². The zero-order valence-electron chi connectivity index (χ0n) is 18.2. The molecule has 7 heteroatoms. The summed E-state index contributed by atoms with van der Waals surface area (Å²) in [6.45, 7) is 6.02. The first-order valence-corrected chi connectivity index (χ1v) is 10.4. The minimum absolute atomic E-state index is 0.481. The molecule has 160 valence electrons. The van der Waals surface area contributed by atoms with E-state index in [4.69, 9.17) is 0 Å². The van der Waals surface area contributed by atoms with Crippen molar-refractivity contribution in [3.05, 3.63) is 78.3 Å². The topological polar surface area (TPSA) is 68.8 Å². The molecule has 0 N–H and O–H groups in total. The monoisotopic (exact) mass is 418 g/mol. The third-order valence-electron chi connectivity index (χ3n) is 4.69. The molecule has 0 aromatic carbocycles. The number of aliphatic imine (C=N–C) groups is 1. The Balaban J connectivity index is 1.85. The fraction of sp³-hybridized carbons (Fsp3) is 0.292. The zero-order chi connectivity index (χ0) is 22.1. The SMILES string of the molecule is C/C=C\C=C(/N=C(C)F)c1nccn1CCc1nnc(-c2cccnc2)cc1CCC. The zero-order valence-corrected chi connectivity index (χ0v) is 18.2. The first-order chi connectivity index (χ1) is 15.1. The summed E-state index contributed by atoms with van der Waals surface area (Å²) in [6, 6.07) is 5.98. The molecule has 0 aliphatic carbocycles. The maximum atomic E-state index is 13.5. The van der Waals surface area contributed by atoms with E-state index in [1.54, 1.807) is 24.7 Å². The van der Waals surface area contributed by atoms with Crippen molar-refractivity contribution in [2.24, 2.45) is 4.99 Å². The van der Waals surface area contributed by atoms with Crippen LogP contribution in [0.4, 0.5) is 4.39 Å². The minimum Gasteiger partial charge on any atom is -0.329 e. The lowest BCUT2D eigenvalue weighted by Crippen LogP contribution is -2.09. The number of pyridine rings is 1. The van der Waals surface area contributed by atoms with Gasteiger partial charge in [0.2, 0.25) is 0 Å². The van der Waals surface area contributed by atoms with Crippen LogP contribution in [0.15, 0.2) is 66.2 Å². The largest absolute Gasteiger partial charge is 0.329 e. The van der Waals surface area contributed by atoms with Crippen molar-refractivity contribution in [3.8, 4) is 11.3 Å². The van der Waals surface area contributed by atoms with Crippen molar-refractivity contribution in [1.29, 1.82) is 0 Å². The predicted molar refractivity (Wildman–Crippen MR) is 122 cm³/mol. The first kappa shape index (κ1) is 22.2. The lowest BCUT2D eigenvalue weighted by atomic mass is 10.0. The van der Waals surface area contributed by atoms with Crippen LogP contribution in [0.5, 0.6) is 0 Å². The summed E-state index contributed by atoms with van der Waals surface area (Å²) in [6.07, 6.45) is 15.2. The normalized spacial score (nSPS) is 12.6. The van der Waals surface area contributed by atoms with E-state index in [2.05, 4.69) is 38.1 Å². The lowest BCUT2D eigenvalue weighted by Gasteiger charge is -2.11. The minimum atomic E-state index is -0.507. The van der Waals surface area contributed by atoms with E-state index >= 15 is 0 Å². The smallest absolute Gasteiger partial charge is 0.186 e. The van der Waals surface area contributed by atoms with Gasteiger partial charge in [-0.2, -0.15) is 14.6 Å². The highest BCUT2D eigenvalue weighted by Gasteiger charge is 2.12. The van der Waals surface area contributed by atoms with E-state index in [0.717, 1.165) is 29.8 Å². The van der Waals surface area contributed by atoms with Gasteiger partial charge in [-0.1, -0.05) is 25.5 Å². The van der Waals surface area contributed by atoms with Gasteiger partial charge in [-0.25, -0.2) is 9.98 Å². The Labute approximate surface area is 182 Å². The predicted octanol–water partition coefficient (Wildman–Crippen LogP) is 5.24.